The van der Waals surface area contributed by atoms with Crippen LogP contribution in [0.1, 0.15) is 12.5 Å². The Balaban J connectivity index is 2.87. The first-order valence-electron chi connectivity index (χ1n) is 4.70. The molecule has 1 aromatic carbocycles. The van der Waals surface area contributed by atoms with Crippen LogP contribution in [0.4, 0.5) is 0 Å². The third-order valence-corrected chi connectivity index (χ3v) is 2.84. The Morgan fingerprint density at radius 1 is 1.53 bits per heavy atom. The lowest BCUT2D eigenvalue weighted by atomic mass is 9.95. The SMILES string of the molecule is COc1cc(CC(C)(N)CO)ccc1Br. The van der Waals surface area contributed by atoms with Gasteiger partial charge in [0.25, 0.3) is 0 Å². The molecular formula is C11H16BrNO2. The van der Waals surface area contributed by atoms with Crippen molar-refractivity contribution in [2.24, 2.45) is 5.73 Å². The van der Waals surface area contributed by atoms with Crippen LogP contribution in [-0.2, 0) is 6.42 Å². The molecule has 0 saturated heterocycles. The molecule has 0 aliphatic rings. The van der Waals surface area contributed by atoms with Crippen molar-refractivity contribution < 1.29 is 9.84 Å². The van der Waals surface area contributed by atoms with E-state index in [1.54, 1.807) is 7.11 Å². The third kappa shape index (κ3) is 3.48. The zero-order chi connectivity index (χ0) is 11.5. The van der Waals surface area contributed by atoms with E-state index in [0.29, 0.717) is 6.42 Å². The molecule has 0 spiro atoms. The van der Waals surface area contributed by atoms with Gasteiger partial charge in [0.05, 0.1) is 18.2 Å². The van der Waals surface area contributed by atoms with E-state index >= 15 is 0 Å². The van der Waals surface area contributed by atoms with E-state index < -0.39 is 5.54 Å². The second-order valence-electron chi connectivity index (χ2n) is 3.96. The summed E-state index contributed by atoms with van der Waals surface area (Å²) in [5, 5.41) is 9.07. The fraction of sp³-hybridized carbons (Fsp3) is 0.455. The number of aliphatic hydroxyl groups excluding tert-OH is 1. The predicted molar refractivity (Wildman–Crippen MR) is 64.1 cm³/mol. The van der Waals surface area contributed by atoms with Gasteiger partial charge in [-0.2, -0.15) is 0 Å². The largest absolute Gasteiger partial charge is 0.496 e. The predicted octanol–water partition coefficient (Wildman–Crippen LogP) is 1.71. The zero-order valence-electron chi connectivity index (χ0n) is 8.96. The Morgan fingerprint density at radius 3 is 2.73 bits per heavy atom. The minimum Gasteiger partial charge on any atom is -0.496 e. The Kier molecular flexibility index (Phi) is 4.13. The van der Waals surface area contributed by atoms with Gasteiger partial charge in [0.15, 0.2) is 0 Å². The summed E-state index contributed by atoms with van der Waals surface area (Å²) in [6.45, 7) is 1.78. The lowest BCUT2D eigenvalue weighted by Gasteiger charge is -2.21. The topological polar surface area (TPSA) is 55.5 Å². The summed E-state index contributed by atoms with van der Waals surface area (Å²) in [6.07, 6.45) is 0.618. The summed E-state index contributed by atoms with van der Waals surface area (Å²) >= 11 is 3.38. The molecule has 1 rings (SSSR count). The number of aliphatic hydroxyl groups is 1. The molecule has 3 nitrogen and oxygen atoms in total. The zero-order valence-corrected chi connectivity index (χ0v) is 10.5. The summed E-state index contributed by atoms with van der Waals surface area (Å²) in [4.78, 5) is 0. The number of ether oxygens (including phenoxy) is 1. The van der Waals surface area contributed by atoms with Crippen LogP contribution in [0.15, 0.2) is 22.7 Å². The van der Waals surface area contributed by atoms with Crippen LogP contribution in [-0.4, -0.2) is 24.4 Å². The molecule has 84 valence electrons. The molecular weight excluding hydrogens is 258 g/mol. The van der Waals surface area contributed by atoms with Gasteiger partial charge >= 0.3 is 0 Å². The summed E-state index contributed by atoms with van der Waals surface area (Å²) in [5.74, 6) is 0.779. The van der Waals surface area contributed by atoms with Crippen molar-refractivity contribution in [3.05, 3.63) is 28.2 Å². The fourth-order valence-corrected chi connectivity index (χ4v) is 1.74. The van der Waals surface area contributed by atoms with Crippen molar-refractivity contribution in [3.8, 4) is 5.75 Å². The van der Waals surface area contributed by atoms with Crippen molar-refractivity contribution in [1.29, 1.82) is 0 Å². The average Bonchev–Trinajstić information content (AvgIpc) is 2.20. The van der Waals surface area contributed by atoms with Gasteiger partial charge in [0, 0.05) is 5.54 Å². The minimum atomic E-state index is -0.584. The summed E-state index contributed by atoms with van der Waals surface area (Å²) in [5.41, 5.74) is 6.34. The molecule has 0 radical (unpaired) electrons. The van der Waals surface area contributed by atoms with Gasteiger partial charge in [-0.1, -0.05) is 6.07 Å². The fourth-order valence-electron chi connectivity index (χ4n) is 1.34. The number of benzene rings is 1. The second-order valence-corrected chi connectivity index (χ2v) is 4.81. The molecule has 1 atom stereocenters. The number of hydrogen-bond acceptors (Lipinski definition) is 3. The molecule has 0 heterocycles. The maximum absolute atomic E-state index is 9.07. The highest BCUT2D eigenvalue weighted by atomic mass is 79.9. The molecule has 1 unspecified atom stereocenters. The maximum atomic E-state index is 9.07. The van der Waals surface area contributed by atoms with E-state index in [2.05, 4.69) is 15.9 Å². The van der Waals surface area contributed by atoms with Crippen LogP contribution in [0.25, 0.3) is 0 Å². The Morgan fingerprint density at radius 2 is 2.20 bits per heavy atom. The quantitative estimate of drug-likeness (QED) is 0.878. The van der Waals surface area contributed by atoms with Crippen LogP contribution in [0.3, 0.4) is 0 Å². The Labute approximate surface area is 98.4 Å². The smallest absolute Gasteiger partial charge is 0.133 e. The van der Waals surface area contributed by atoms with Gasteiger partial charge in [-0.15, -0.1) is 0 Å². The molecule has 0 bridgehead atoms. The summed E-state index contributed by atoms with van der Waals surface area (Å²) in [6, 6.07) is 5.81. The minimum absolute atomic E-state index is 0.0363. The lowest BCUT2D eigenvalue weighted by molar-refractivity contribution is 0.208. The van der Waals surface area contributed by atoms with Crippen LogP contribution in [0, 0.1) is 0 Å². The number of halogens is 1. The lowest BCUT2D eigenvalue weighted by Crippen LogP contribution is -2.42. The molecule has 4 heteroatoms. The van der Waals surface area contributed by atoms with Gasteiger partial charge in [-0.25, -0.2) is 0 Å². The normalized spacial score (nSPS) is 14.7. The number of nitrogens with two attached hydrogens (primary N) is 1. The molecule has 0 aliphatic heterocycles. The summed E-state index contributed by atoms with van der Waals surface area (Å²) in [7, 11) is 1.62. The third-order valence-electron chi connectivity index (χ3n) is 2.18. The van der Waals surface area contributed by atoms with Crippen molar-refractivity contribution >= 4 is 15.9 Å². The molecule has 0 fully saturated rings. The van der Waals surface area contributed by atoms with Gasteiger partial charge in [-0.3, -0.25) is 0 Å². The standard InChI is InChI=1S/C11H16BrNO2/c1-11(13,7-14)6-8-3-4-9(12)10(5-8)15-2/h3-5,14H,6-7,13H2,1-2H3. The van der Waals surface area contributed by atoms with Gasteiger partial charge in [-0.05, 0) is 47.0 Å². The first-order valence-corrected chi connectivity index (χ1v) is 5.50. The van der Waals surface area contributed by atoms with Crippen molar-refractivity contribution in [1.82, 2.24) is 0 Å². The first-order chi connectivity index (χ1) is 6.98. The van der Waals surface area contributed by atoms with Crippen molar-refractivity contribution in [3.63, 3.8) is 0 Å². The van der Waals surface area contributed by atoms with E-state index in [9.17, 15) is 0 Å². The first kappa shape index (κ1) is 12.5. The van der Waals surface area contributed by atoms with Crippen LogP contribution >= 0.6 is 15.9 Å². The van der Waals surface area contributed by atoms with Crippen LogP contribution in [0.2, 0.25) is 0 Å². The number of rotatable bonds is 4. The summed E-state index contributed by atoms with van der Waals surface area (Å²) < 4.78 is 6.10. The highest BCUT2D eigenvalue weighted by Gasteiger charge is 2.18. The highest BCUT2D eigenvalue weighted by Crippen LogP contribution is 2.26. The van der Waals surface area contributed by atoms with Crippen molar-refractivity contribution in [2.45, 2.75) is 18.9 Å². The van der Waals surface area contributed by atoms with Gasteiger partial charge in [0.2, 0.25) is 0 Å². The molecule has 0 saturated carbocycles. The molecule has 0 amide bonds. The molecule has 3 N–H and O–H groups in total. The molecule has 15 heavy (non-hydrogen) atoms. The molecule has 1 aromatic rings. The van der Waals surface area contributed by atoms with Crippen LogP contribution < -0.4 is 10.5 Å². The van der Waals surface area contributed by atoms with E-state index in [4.69, 9.17) is 15.6 Å². The van der Waals surface area contributed by atoms with E-state index in [1.165, 1.54) is 0 Å². The van der Waals surface area contributed by atoms with E-state index in [0.717, 1.165) is 15.8 Å². The van der Waals surface area contributed by atoms with Gasteiger partial charge < -0.3 is 15.6 Å². The van der Waals surface area contributed by atoms with E-state index in [1.807, 2.05) is 25.1 Å². The highest BCUT2D eigenvalue weighted by molar-refractivity contribution is 9.10. The number of hydrogen-bond donors (Lipinski definition) is 2. The maximum Gasteiger partial charge on any atom is 0.133 e. The molecule has 0 aromatic heterocycles. The Hall–Kier alpha value is -0.580. The Bertz CT molecular complexity index is 339. The second kappa shape index (κ2) is 4.96. The molecule has 0 aliphatic carbocycles. The average molecular weight is 274 g/mol. The number of methoxy groups -OCH3 is 1. The van der Waals surface area contributed by atoms with Gasteiger partial charge in [0.1, 0.15) is 5.75 Å². The van der Waals surface area contributed by atoms with Crippen molar-refractivity contribution in [2.75, 3.05) is 13.7 Å². The van der Waals surface area contributed by atoms with E-state index in [-0.39, 0.29) is 6.61 Å². The van der Waals surface area contributed by atoms with Crippen LogP contribution in [0.5, 0.6) is 5.75 Å². The monoisotopic (exact) mass is 273 g/mol.